The van der Waals surface area contributed by atoms with E-state index in [1.165, 1.54) is 57.8 Å². The van der Waals surface area contributed by atoms with Crippen LogP contribution < -0.4 is 0 Å². The van der Waals surface area contributed by atoms with Gasteiger partial charge in [0.2, 0.25) is 6.29 Å². The second-order valence-corrected chi connectivity index (χ2v) is 6.00. The van der Waals surface area contributed by atoms with E-state index in [0.29, 0.717) is 13.2 Å². The van der Waals surface area contributed by atoms with Gasteiger partial charge in [0.1, 0.15) is 0 Å². The molecule has 0 aliphatic carbocycles. The van der Waals surface area contributed by atoms with Crippen molar-refractivity contribution in [3.05, 3.63) is 0 Å². The molecular weight excluding hydrogens is 296 g/mol. The van der Waals surface area contributed by atoms with Crippen molar-refractivity contribution >= 4 is 0 Å². The zero-order valence-corrected chi connectivity index (χ0v) is 16.3. The van der Waals surface area contributed by atoms with E-state index >= 15 is 0 Å². The highest BCUT2D eigenvalue weighted by molar-refractivity contribution is 5.02. The smallest absolute Gasteiger partial charge is 0.222 e. The quantitative estimate of drug-likeness (QED) is 0.217. The van der Waals surface area contributed by atoms with Crippen LogP contribution in [0.25, 0.3) is 0 Å². The van der Waals surface area contributed by atoms with Gasteiger partial charge in [0.15, 0.2) is 0 Å². The molecule has 0 unspecified atom stereocenters. The first-order valence-electron chi connectivity index (χ1n) is 10.0. The maximum Gasteiger partial charge on any atom is 0.222 e. The highest BCUT2D eigenvalue weighted by atomic mass is 16.7. The van der Waals surface area contributed by atoms with Gasteiger partial charge in [0.25, 0.3) is 0 Å². The third-order valence-corrected chi connectivity index (χ3v) is 3.74. The van der Waals surface area contributed by atoms with Gasteiger partial charge in [-0.25, -0.2) is 0 Å². The van der Waals surface area contributed by atoms with E-state index in [2.05, 4.69) is 30.6 Å². The van der Waals surface area contributed by atoms with Crippen molar-refractivity contribution in [1.29, 1.82) is 0 Å². The van der Waals surface area contributed by atoms with E-state index in [-0.39, 0.29) is 6.29 Å². The lowest BCUT2D eigenvalue weighted by Crippen LogP contribution is -2.14. The molecule has 0 spiro atoms. The Balaban J connectivity index is 3.41. The predicted octanol–water partition coefficient (Wildman–Crippen LogP) is 6.09. The van der Waals surface area contributed by atoms with Gasteiger partial charge in [0, 0.05) is 32.5 Å². The molecule has 0 saturated carbocycles. The lowest BCUT2D eigenvalue weighted by molar-refractivity contribution is -0.0970. The van der Waals surface area contributed by atoms with E-state index in [0.717, 1.165) is 19.3 Å². The van der Waals surface area contributed by atoms with Gasteiger partial charge in [-0.1, -0.05) is 51.4 Å². The van der Waals surface area contributed by atoms with Crippen molar-refractivity contribution in [2.45, 2.75) is 104 Å². The van der Waals surface area contributed by atoms with Crippen molar-refractivity contribution in [3.63, 3.8) is 0 Å². The Hall–Kier alpha value is -0.960. The summed E-state index contributed by atoms with van der Waals surface area (Å²) < 4.78 is 10.8. The summed E-state index contributed by atoms with van der Waals surface area (Å²) in [7, 11) is 0. The third-order valence-electron chi connectivity index (χ3n) is 3.74. The van der Waals surface area contributed by atoms with Gasteiger partial charge in [-0.05, 0) is 39.0 Å². The number of rotatable bonds is 14. The minimum Gasteiger partial charge on any atom is -0.342 e. The van der Waals surface area contributed by atoms with Crippen molar-refractivity contribution in [2.75, 3.05) is 13.2 Å². The molecule has 0 saturated heterocycles. The average Bonchev–Trinajstić information content (AvgIpc) is 2.58. The molecule has 0 fully saturated rings. The first-order chi connectivity index (χ1) is 11.8. The van der Waals surface area contributed by atoms with Gasteiger partial charge in [-0.3, -0.25) is 0 Å². The van der Waals surface area contributed by atoms with Crippen LogP contribution in [0.3, 0.4) is 0 Å². The first kappa shape index (κ1) is 23.0. The van der Waals surface area contributed by atoms with Gasteiger partial charge in [-0.2, -0.15) is 0 Å². The molecule has 0 aromatic rings. The maximum atomic E-state index is 5.39. The molecule has 0 rings (SSSR count). The highest BCUT2D eigenvalue weighted by Crippen LogP contribution is 2.07. The van der Waals surface area contributed by atoms with Crippen LogP contribution in [-0.2, 0) is 9.47 Å². The minimum atomic E-state index is -0.347. The summed E-state index contributed by atoms with van der Waals surface area (Å²) in [5, 5.41) is 0. The molecule has 0 aliphatic heterocycles. The second-order valence-electron chi connectivity index (χ2n) is 6.00. The molecule has 0 aliphatic rings. The fourth-order valence-corrected chi connectivity index (χ4v) is 2.36. The monoisotopic (exact) mass is 334 g/mol. The van der Waals surface area contributed by atoms with Gasteiger partial charge < -0.3 is 9.47 Å². The fraction of sp³-hybridized carbons (Fsp3) is 0.818. The van der Waals surface area contributed by atoms with Crippen LogP contribution in [-0.4, -0.2) is 19.5 Å². The Morgan fingerprint density at radius 2 is 1.04 bits per heavy atom. The predicted molar refractivity (Wildman–Crippen MR) is 104 cm³/mol. The van der Waals surface area contributed by atoms with Crippen LogP contribution in [0.1, 0.15) is 97.8 Å². The Morgan fingerprint density at radius 3 is 1.54 bits per heavy atom. The van der Waals surface area contributed by atoms with Crippen LogP contribution in [0.15, 0.2) is 0 Å². The second kappa shape index (κ2) is 20.1. The molecule has 24 heavy (non-hydrogen) atoms. The molecule has 0 atom stereocenters. The molecule has 0 amide bonds. The summed E-state index contributed by atoms with van der Waals surface area (Å²) in [4.78, 5) is 0. The summed E-state index contributed by atoms with van der Waals surface area (Å²) >= 11 is 0. The lowest BCUT2D eigenvalue weighted by Gasteiger charge is -2.09. The van der Waals surface area contributed by atoms with Gasteiger partial charge in [0.05, 0.1) is 0 Å². The average molecular weight is 335 g/mol. The summed E-state index contributed by atoms with van der Waals surface area (Å²) in [6, 6.07) is 0. The molecule has 138 valence electrons. The Labute approximate surface area is 151 Å². The Bertz CT molecular complexity index is 361. The van der Waals surface area contributed by atoms with Crippen molar-refractivity contribution < 1.29 is 9.47 Å². The van der Waals surface area contributed by atoms with Crippen LogP contribution in [0, 0.1) is 23.7 Å². The molecule has 0 bridgehead atoms. The normalized spacial score (nSPS) is 10.2. The van der Waals surface area contributed by atoms with E-state index in [9.17, 15) is 0 Å². The molecule has 0 heterocycles. The maximum absolute atomic E-state index is 5.39. The number of ether oxygens (including phenoxy) is 2. The number of hydrogen-bond donors (Lipinski definition) is 0. The topological polar surface area (TPSA) is 18.5 Å². The van der Waals surface area contributed by atoms with Crippen LogP contribution in [0.4, 0.5) is 0 Å². The van der Waals surface area contributed by atoms with E-state index in [1.54, 1.807) is 0 Å². The summed E-state index contributed by atoms with van der Waals surface area (Å²) in [6.07, 6.45) is 14.3. The van der Waals surface area contributed by atoms with Crippen molar-refractivity contribution in [3.8, 4) is 23.7 Å². The zero-order chi connectivity index (χ0) is 17.7. The fourth-order valence-electron chi connectivity index (χ4n) is 2.36. The van der Waals surface area contributed by atoms with Crippen LogP contribution >= 0.6 is 0 Å². The Morgan fingerprint density at radius 1 is 0.583 bits per heavy atom. The summed E-state index contributed by atoms with van der Waals surface area (Å²) in [6.45, 7) is 7.45. The molecule has 2 nitrogen and oxygen atoms in total. The third kappa shape index (κ3) is 17.4. The van der Waals surface area contributed by atoms with Crippen LogP contribution in [0.2, 0.25) is 0 Å². The molecule has 0 aromatic carbocycles. The number of hydrogen-bond acceptors (Lipinski definition) is 2. The molecular formula is C22H38O2. The SMILES string of the molecule is CCCCCCC#CCCCCCCCC#CC(OCC)OCC. The van der Waals surface area contributed by atoms with E-state index < -0.39 is 0 Å². The lowest BCUT2D eigenvalue weighted by atomic mass is 10.1. The largest absolute Gasteiger partial charge is 0.342 e. The van der Waals surface area contributed by atoms with Gasteiger partial charge >= 0.3 is 0 Å². The van der Waals surface area contributed by atoms with Gasteiger partial charge in [-0.15, -0.1) is 11.8 Å². The highest BCUT2D eigenvalue weighted by Gasteiger charge is 2.00. The molecule has 0 N–H and O–H groups in total. The van der Waals surface area contributed by atoms with Crippen LogP contribution in [0.5, 0.6) is 0 Å². The molecule has 0 aromatic heterocycles. The summed E-state index contributed by atoms with van der Waals surface area (Å²) in [5.41, 5.74) is 0. The minimum absolute atomic E-state index is 0.347. The van der Waals surface area contributed by atoms with Crippen molar-refractivity contribution in [1.82, 2.24) is 0 Å². The molecule has 2 heteroatoms. The number of unbranched alkanes of at least 4 members (excludes halogenated alkanes) is 10. The molecule has 0 radical (unpaired) electrons. The summed E-state index contributed by atoms with van der Waals surface area (Å²) in [5.74, 6) is 12.8. The van der Waals surface area contributed by atoms with Crippen molar-refractivity contribution in [2.24, 2.45) is 0 Å². The van der Waals surface area contributed by atoms with E-state index in [4.69, 9.17) is 9.47 Å². The zero-order valence-electron chi connectivity index (χ0n) is 16.3. The first-order valence-corrected chi connectivity index (χ1v) is 10.0. The Kier molecular flexibility index (Phi) is 19.3. The standard InChI is InChI=1S/C22H38O2/c1-4-7-8-9-10-11-12-13-14-15-16-17-18-19-20-21-22(23-5-2)24-6-3/h22H,4-10,13-19H2,1-3H3. The van der Waals surface area contributed by atoms with E-state index in [1.807, 2.05) is 13.8 Å².